The molecule has 1 unspecified atom stereocenters. The number of aliphatic hydroxyl groups excluding tert-OH is 2. The molecule has 0 heterocycles. The Balaban J connectivity index is 1.68. The van der Waals surface area contributed by atoms with Crippen LogP contribution in [0, 0.1) is 40.4 Å². The van der Waals surface area contributed by atoms with Gasteiger partial charge in [-0.2, -0.15) is 0 Å². The van der Waals surface area contributed by atoms with Crippen molar-refractivity contribution in [3.63, 3.8) is 0 Å². The quantitative estimate of drug-likeness (QED) is 0.675. The zero-order valence-electron chi connectivity index (χ0n) is 16.5. The Hall–Kier alpha value is -0.120. The minimum Gasteiger partial charge on any atom is -0.393 e. The molecule has 4 aliphatic carbocycles. The zero-order chi connectivity index (χ0) is 18.2. The van der Waals surface area contributed by atoms with E-state index in [4.69, 9.17) is 0 Å². The summed E-state index contributed by atoms with van der Waals surface area (Å²) in [4.78, 5) is 0. The highest BCUT2D eigenvalue weighted by Crippen LogP contribution is 2.68. The summed E-state index contributed by atoms with van der Waals surface area (Å²) in [5.41, 5.74) is -0.934. The van der Waals surface area contributed by atoms with Crippen molar-refractivity contribution >= 4 is 0 Å². The summed E-state index contributed by atoms with van der Waals surface area (Å²) < 4.78 is 0. The fourth-order valence-corrected chi connectivity index (χ4v) is 8.40. The van der Waals surface area contributed by atoms with Gasteiger partial charge in [0.25, 0.3) is 0 Å². The Morgan fingerprint density at radius 1 is 0.920 bits per heavy atom. The summed E-state index contributed by atoms with van der Waals surface area (Å²) in [6.45, 7) is 9.49. The van der Waals surface area contributed by atoms with Crippen LogP contribution in [-0.4, -0.2) is 33.1 Å². The Morgan fingerprint density at radius 3 is 2.32 bits per heavy atom. The van der Waals surface area contributed by atoms with Crippen molar-refractivity contribution in [3.05, 3.63) is 0 Å². The maximum Gasteiger partial charge on any atom is 0.0985 e. The van der Waals surface area contributed by atoms with E-state index in [-0.39, 0.29) is 5.41 Å². The molecule has 3 nitrogen and oxygen atoms in total. The summed E-state index contributed by atoms with van der Waals surface area (Å²) in [6, 6.07) is 0. The van der Waals surface area contributed by atoms with Crippen LogP contribution in [0.2, 0.25) is 0 Å². The van der Waals surface area contributed by atoms with Crippen LogP contribution in [0.15, 0.2) is 0 Å². The average Bonchev–Trinajstić information content (AvgIpc) is 2.88. The molecule has 0 aliphatic heterocycles. The fourth-order valence-electron chi connectivity index (χ4n) is 8.40. The van der Waals surface area contributed by atoms with Gasteiger partial charge in [0, 0.05) is 11.8 Å². The summed E-state index contributed by atoms with van der Waals surface area (Å²) in [5.74, 6) is 3.27. The van der Waals surface area contributed by atoms with E-state index in [9.17, 15) is 15.3 Å². The van der Waals surface area contributed by atoms with Crippen LogP contribution in [0.3, 0.4) is 0 Å². The van der Waals surface area contributed by atoms with Crippen LogP contribution in [0.25, 0.3) is 0 Å². The van der Waals surface area contributed by atoms with Gasteiger partial charge in [0.2, 0.25) is 0 Å². The van der Waals surface area contributed by atoms with Crippen molar-refractivity contribution in [2.75, 3.05) is 0 Å². The third kappa shape index (κ3) is 2.28. The van der Waals surface area contributed by atoms with Gasteiger partial charge in [-0.3, -0.25) is 0 Å². The minimum absolute atomic E-state index is 0.244. The molecule has 0 aromatic rings. The number of aliphatic hydroxyl groups is 3. The topological polar surface area (TPSA) is 60.7 Å². The summed E-state index contributed by atoms with van der Waals surface area (Å²) >= 11 is 0. The van der Waals surface area contributed by atoms with E-state index in [1.807, 2.05) is 0 Å². The maximum absolute atomic E-state index is 11.5. The molecular formula is C22H38O3. The number of fused-ring (bicyclic) bond motifs is 5. The molecule has 0 bridgehead atoms. The van der Waals surface area contributed by atoms with Crippen molar-refractivity contribution in [2.45, 2.75) is 96.9 Å². The van der Waals surface area contributed by atoms with E-state index >= 15 is 0 Å². The predicted molar refractivity (Wildman–Crippen MR) is 98.9 cm³/mol. The molecule has 0 saturated heterocycles. The van der Waals surface area contributed by atoms with E-state index in [1.54, 1.807) is 0 Å². The third-order valence-corrected chi connectivity index (χ3v) is 9.71. The van der Waals surface area contributed by atoms with Crippen LogP contribution < -0.4 is 0 Å². The van der Waals surface area contributed by atoms with Gasteiger partial charge < -0.3 is 15.3 Å². The first kappa shape index (κ1) is 18.3. The highest BCUT2D eigenvalue weighted by atomic mass is 16.3. The second kappa shape index (κ2) is 5.69. The van der Waals surface area contributed by atoms with Crippen molar-refractivity contribution in [1.82, 2.24) is 0 Å². The van der Waals surface area contributed by atoms with Crippen LogP contribution in [-0.2, 0) is 0 Å². The molecule has 0 aromatic heterocycles. The van der Waals surface area contributed by atoms with Crippen LogP contribution in [0.5, 0.6) is 0 Å². The second-order valence-electron chi connectivity index (χ2n) is 10.8. The molecule has 4 aliphatic rings. The molecule has 0 aromatic carbocycles. The molecule has 4 saturated carbocycles. The highest BCUT2D eigenvalue weighted by Gasteiger charge is 2.67. The minimum atomic E-state index is -1.10. The van der Waals surface area contributed by atoms with Crippen LogP contribution >= 0.6 is 0 Å². The Labute approximate surface area is 153 Å². The lowest BCUT2D eigenvalue weighted by molar-refractivity contribution is -0.264. The molecule has 25 heavy (non-hydrogen) atoms. The predicted octanol–water partition coefficient (Wildman–Crippen LogP) is 3.75. The van der Waals surface area contributed by atoms with E-state index in [0.717, 1.165) is 31.1 Å². The van der Waals surface area contributed by atoms with Gasteiger partial charge in [-0.15, -0.1) is 0 Å². The highest BCUT2D eigenvalue weighted by molar-refractivity contribution is 5.17. The lowest BCUT2D eigenvalue weighted by atomic mass is 9.42. The summed E-state index contributed by atoms with van der Waals surface area (Å²) in [5, 5.41) is 32.6. The van der Waals surface area contributed by atoms with Crippen LogP contribution in [0.4, 0.5) is 0 Å². The number of hydrogen-bond acceptors (Lipinski definition) is 3. The van der Waals surface area contributed by atoms with Crippen molar-refractivity contribution in [2.24, 2.45) is 40.4 Å². The van der Waals surface area contributed by atoms with Crippen LogP contribution in [0.1, 0.15) is 79.1 Å². The summed E-state index contributed by atoms with van der Waals surface area (Å²) in [7, 11) is 0. The van der Waals surface area contributed by atoms with Crippen molar-refractivity contribution in [3.8, 4) is 0 Å². The second-order valence-corrected chi connectivity index (χ2v) is 10.8. The van der Waals surface area contributed by atoms with Gasteiger partial charge >= 0.3 is 0 Å². The van der Waals surface area contributed by atoms with Gasteiger partial charge in [0.05, 0.1) is 17.8 Å². The Bertz CT molecular complexity index is 533. The van der Waals surface area contributed by atoms with E-state index < -0.39 is 17.8 Å². The molecule has 144 valence electrons. The van der Waals surface area contributed by atoms with Crippen molar-refractivity contribution in [1.29, 1.82) is 0 Å². The SMILES string of the molecule is CC(C)C1CC[C@H]2[C@@H]3C[C@@H](O)[C@@]4(O)C[C@H](O)CC[C@]4(C)[C@H]3CC[C@]12C. The molecule has 4 fully saturated rings. The van der Waals surface area contributed by atoms with Gasteiger partial charge in [-0.05, 0) is 80.0 Å². The van der Waals surface area contributed by atoms with Gasteiger partial charge in [-0.25, -0.2) is 0 Å². The lowest BCUT2D eigenvalue weighted by Crippen LogP contribution is -2.68. The van der Waals surface area contributed by atoms with Gasteiger partial charge in [0.15, 0.2) is 0 Å². The smallest absolute Gasteiger partial charge is 0.0985 e. The zero-order valence-corrected chi connectivity index (χ0v) is 16.5. The molecule has 0 radical (unpaired) electrons. The largest absolute Gasteiger partial charge is 0.393 e. The van der Waals surface area contributed by atoms with E-state index in [0.29, 0.717) is 29.6 Å². The first-order valence-electron chi connectivity index (χ1n) is 10.7. The molecule has 3 N–H and O–H groups in total. The first-order chi connectivity index (χ1) is 11.6. The summed E-state index contributed by atoms with van der Waals surface area (Å²) in [6.07, 6.45) is 6.63. The normalized spacial score (nSPS) is 58.6. The first-order valence-corrected chi connectivity index (χ1v) is 10.7. The number of rotatable bonds is 1. The van der Waals surface area contributed by atoms with Crippen molar-refractivity contribution < 1.29 is 15.3 Å². The van der Waals surface area contributed by atoms with Gasteiger partial charge in [-0.1, -0.05) is 27.7 Å². The molecule has 3 heteroatoms. The average molecular weight is 351 g/mol. The monoisotopic (exact) mass is 350 g/mol. The molecule has 4 rings (SSSR count). The number of hydrogen-bond donors (Lipinski definition) is 3. The van der Waals surface area contributed by atoms with Gasteiger partial charge in [0.1, 0.15) is 0 Å². The Morgan fingerprint density at radius 2 is 1.64 bits per heavy atom. The Kier molecular flexibility index (Phi) is 4.15. The third-order valence-electron chi connectivity index (χ3n) is 9.71. The molecular weight excluding hydrogens is 312 g/mol. The molecule has 9 atom stereocenters. The van der Waals surface area contributed by atoms with E-state index in [2.05, 4.69) is 27.7 Å². The standard InChI is InChI=1S/C22H38O3/c1-13(2)16-5-6-17-15-11-19(24)22(25)12-14(23)7-10-21(22,4)18(15)8-9-20(16,17)3/h13-19,23-25H,5-12H2,1-4H3/t14-,15+,16?,17+,18+,19-,20-,21-,22+/m1/s1. The molecule has 0 spiro atoms. The maximum atomic E-state index is 11.5. The lowest BCUT2D eigenvalue weighted by Gasteiger charge is -2.65. The van der Waals surface area contributed by atoms with E-state index in [1.165, 1.54) is 25.7 Å². The molecule has 0 amide bonds. The fraction of sp³-hybridized carbons (Fsp3) is 1.00.